The smallest absolute Gasteiger partial charge is 0.156 e. The number of rotatable bonds is 5. The Hall–Kier alpha value is -1.35. The summed E-state index contributed by atoms with van der Waals surface area (Å²) in [7, 11) is 0. The highest BCUT2D eigenvalue weighted by Crippen LogP contribution is 2.24. The van der Waals surface area contributed by atoms with Gasteiger partial charge in [-0.05, 0) is 19.3 Å². The van der Waals surface area contributed by atoms with Crippen molar-refractivity contribution in [1.82, 2.24) is 10.2 Å². The van der Waals surface area contributed by atoms with Crippen LogP contribution < -0.4 is 5.32 Å². The molecule has 0 saturated heterocycles. The van der Waals surface area contributed by atoms with Crippen LogP contribution in [0.3, 0.4) is 0 Å². The van der Waals surface area contributed by atoms with E-state index in [-0.39, 0.29) is 0 Å². The van der Waals surface area contributed by atoms with Gasteiger partial charge in [-0.3, -0.25) is 0 Å². The molecular formula is C15H20ClN3. The first-order chi connectivity index (χ1) is 9.13. The van der Waals surface area contributed by atoms with Crippen molar-refractivity contribution in [2.45, 2.75) is 33.2 Å². The molecule has 3 nitrogen and oxygen atoms in total. The topological polar surface area (TPSA) is 37.8 Å². The van der Waals surface area contributed by atoms with E-state index in [2.05, 4.69) is 41.5 Å². The summed E-state index contributed by atoms with van der Waals surface area (Å²) in [5.74, 6) is 2.00. The van der Waals surface area contributed by atoms with Crippen molar-refractivity contribution in [3.8, 4) is 0 Å². The Balaban J connectivity index is 2.37. The van der Waals surface area contributed by atoms with E-state index in [1.165, 1.54) is 0 Å². The molecule has 0 fully saturated rings. The summed E-state index contributed by atoms with van der Waals surface area (Å²) in [6.45, 7) is 6.36. The van der Waals surface area contributed by atoms with E-state index in [1.54, 1.807) is 0 Å². The van der Waals surface area contributed by atoms with Crippen LogP contribution >= 0.6 is 11.6 Å². The van der Waals surface area contributed by atoms with Gasteiger partial charge in [-0.15, -0.1) is 16.7 Å². The number of anilines is 1. The Morgan fingerprint density at radius 3 is 2.47 bits per heavy atom. The van der Waals surface area contributed by atoms with Crippen molar-refractivity contribution in [1.29, 1.82) is 0 Å². The highest BCUT2D eigenvalue weighted by molar-refractivity contribution is 6.17. The third kappa shape index (κ3) is 3.16. The fourth-order valence-electron chi connectivity index (χ4n) is 2.21. The van der Waals surface area contributed by atoms with Crippen LogP contribution in [0, 0.1) is 12.8 Å². The lowest BCUT2D eigenvalue weighted by atomic mass is 10.0. The van der Waals surface area contributed by atoms with E-state index in [9.17, 15) is 0 Å². The number of fused-ring (bicyclic) bond motifs is 1. The lowest BCUT2D eigenvalue weighted by Crippen LogP contribution is -2.27. The first kappa shape index (κ1) is 14.1. The number of benzene rings is 1. The SMILES string of the molecule is Cc1nnc(NC(CCCl)C(C)C)c2ccccc12. The van der Waals surface area contributed by atoms with Crippen LogP contribution in [0.15, 0.2) is 24.3 Å². The number of aryl methyl sites for hydroxylation is 1. The van der Waals surface area contributed by atoms with Crippen LogP contribution in [-0.2, 0) is 0 Å². The minimum Gasteiger partial charge on any atom is -0.365 e. The van der Waals surface area contributed by atoms with E-state index in [4.69, 9.17) is 11.6 Å². The van der Waals surface area contributed by atoms with Gasteiger partial charge in [-0.1, -0.05) is 38.1 Å². The van der Waals surface area contributed by atoms with Gasteiger partial charge in [-0.2, -0.15) is 5.10 Å². The maximum atomic E-state index is 5.87. The molecule has 1 N–H and O–H groups in total. The summed E-state index contributed by atoms with van der Waals surface area (Å²) < 4.78 is 0. The predicted octanol–water partition coefficient (Wildman–Crippen LogP) is 4.00. The highest BCUT2D eigenvalue weighted by atomic mass is 35.5. The molecule has 1 heterocycles. The van der Waals surface area contributed by atoms with Gasteiger partial charge < -0.3 is 5.32 Å². The third-order valence-corrected chi connectivity index (χ3v) is 3.64. The Labute approximate surface area is 119 Å². The van der Waals surface area contributed by atoms with Gasteiger partial charge in [0.1, 0.15) is 0 Å². The van der Waals surface area contributed by atoms with E-state index in [0.29, 0.717) is 17.8 Å². The number of hydrogen-bond acceptors (Lipinski definition) is 3. The molecule has 102 valence electrons. The van der Waals surface area contributed by atoms with E-state index in [0.717, 1.165) is 28.7 Å². The maximum absolute atomic E-state index is 5.87. The van der Waals surface area contributed by atoms with Crippen molar-refractivity contribution >= 4 is 28.2 Å². The molecule has 0 aliphatic carbocycles. The Kier molecular flexibility index (Phi) is 4.59. The molecule has 0 amide bonds. The summed E-state index contributed by atoms with van der Waals surface area (Å²) in [4.78, 5) is 0. The first-order valence-electron chi connectivity index (χ1n) is 6.68. The van der Waals surface area contributed by atoms with Gasteiger partial charge in [0.25, 0.3) is 0 Å². The average Bonchev–Trinajstić information content (AvgIpc) is 2.41. The van der Waals surface area contributed by atoms with Gasteiger partial charge in [0.2, 0.25) is 0 Å². The standard InChI is InChI=1S/C15H20ClN3/c1-10(2)14(8-9-16)17-15-13-7-5-4-6-12(13)11(3)18-19-15/h4-7,10,14H,8-9H2,1-3H3,(H,17,19). The molecular weight excluding hydrogens is 258 g/mol. The summed E-state index contributed by atoms with van der Waals surface area (Å²) in [6.07, 6.45) is 0.920. The molecule has 0 aliphatic rings. The Bertz CT molecular complexity index is 554. The molecule has 0 radical (unpaired) electrons. The maximum Gasteiger partial charge on any atom is 0.156 e. The monoisotopic (exact) mass is 277 g/mol. The number of aromatic nitrogens is 2. The quantitative estimate of drug-likeness (QED) is 0.840. The number of hydrogen-bond donors (Lipinski definition) is 1. The molecule has 0 bridgehead atoms. The third-order valence-electron chi connectivity index (χ3n) is 3.42. The minimum absolute atomic E-state index is 0.318. The van der Waals surface area contributed by atoms with Crippen LogP contribution in [0.5, 0.6) is 0 Å². The first-order valence-corrected chi connectivity index (χ1v) is 7.21. The van der Waals surface area contributed by atoms with Crippen LogP contribution in [0.4, 0.5) is 5.82 Å². The molecule has 1 unspecified atom stereocenters. The molecule has 0 saturated carbocycles. The van der Waals surface area contributed by atoms with E-state index >= 15 is 0 Å². The fraction of sp³-hybridized carbons (Fsp3) is 0.467. The normalized spacial score (nSPS) is 12.9. The molecule has 4 heteroatoms. The van der Waals surface area contributed by atoms with E-state index in [1.807, 2.05) is 19.1 Å². The van der Waals surface area contributed by atoms with Crippen molar-refractivity contribution in [2.24, 2.45) is 5.92 Å². The summed E-state index contributed by atoms with van der Waals surface area (Å²) in [5.41, 5.74) is 0.958. The second-order valence-electron chi connectivity index (χ2n) is 5.15. The molecule has 1 atom stereocenters. The van der Waals surface area contributed by atoms with Gasteiger partial charge in [-0.25, -0.2) is 0 Å². The predicted molar refractivity (Wildman–Crippen MR) is 81.9 cm³/mol. The Morgan fingerprint density at radius 1 is 1.16 bits per heavy atom. The van der Waals surface area contributed by atoms with Crippen LogP contribution in [0.25, 0.3) is 10.8 Å². The van der Waals surface area contributed by atoms with Crippen molar-refractivity contribution < 1.29 is 0 Å². The number of nitrogens with one attached hydrogen (secondary N) is 1. The number of alkyl halides is 1. The fourth-order valence-corrected chi connectivity index (χ4v) is 2.44. The summed E-state index contributed by atoms with van der Waals surface area (Å²) in [5, 5.41) is 14.3. The molecule has 2 aromatic rings. The van der Waals surface area contributed by atoms with E-state index < -0.39 is 0 Å². The van der Waals surface area contributed by atoms with Crippen molar-refractivity contribution in [2.75, 3.05) is 11.2 Å². The molecule has 1 aromatic carbocycles. The molecule has 1 aromatic heterocycles. The zero-order valence-electron chi connectivity index (χ0n) is 11.7. The molecule has 2 rings (SSSR count). The van der Waals surface area contributed by atoms with Gasteiger partial charge in [0, 0.05) is 22.7 Å². The summed E-state index contributed by atoms with van der Waals surface area (Å²) >= 11 is 5.87. The average molecular weight is 278 g/mol. The second kappa shape index (κ2) is 6.20. The minimum atomic E-state index is 0.318. The van der Waals surface area contributed by atoms with Crippen LogP contribution in [0.2, 0.25) is 0 Å². The zero-order valence-corrected chi connectivity index (χ0v) is 12.4. The largest absolute Gasteiger partial charge is 0.365 e. The van der Waals surface area contributed by atoms with Gasteiger partial charge in [0.05, 0.1) is 5.69 Å². The van der Waals surface area contributed by atoms with Crippen molar-refractivity contribution in [3.63, 3.8) is 0 Å². The van der Waals surface area contributed by atoms with Crippen LogP contribution in [0.1, 0.15) is 26.0 Å². The molecule has 0 spiro atoms. The Morgan fingerprint density at radius 2 is 1.84 bits per heavy atom. The lowest BCUT2D eigenvalue weighted by Gasteiger charge is -2.22. The molecule has 0 aliphatic heterocycles. The lowest BCUT2D eigenvalue weighted by molar-refractivity contribution is 0.511. The number of halogens is 1. The molecule has 19 heavy (non-hydrogen) atoms. The van der Waals surface area contributed by atoms with Crippen LogP contribution in [-0.4, -0.2) is 22.1 Å². The highest BCUT2D eigenvalue weighted by Gasteiger charge is 2.15. The second-order valence-corrected chi connectivity index (χ2v) is 5.53. The number of nitrogens with zero attached hydrogens (tertiary/aromatic N) is 2. The van der Waals surface area contributed by atoms with Crippen molar-refractivity contribution in [3.05, 3.63) is 30.0 Å². The summed E-state index contributed by atoms with van der Waals surface area (Å²) in [6, 6.07) is 8.53. The van der Waals surface area contributed by atoms with Gasteiger partial charge in [0.15, 0.2) is 5.82 Å². The zero-order chi connectivity index (χ0) is 13.8. The van der Waals surface area contributed by atoms with Gasteiger partial charge >= 0.3 is 0 Å².